The third-order valence-corrected chi connectivity index (χ3v) is 28.9. The summed E-state index contributed by atoms with van der Waals surface area (Å²) in [6, 6.07) is 85.4. The molecule has 0 amide bonds. The van der Waals surface area contributed by atoms with E-state index in [-0.39, 0.29) is 63.2 Å². The van der Waals surface area contributed by atoms with Crippen LogP contribution in [0.25, 0.3) is 12.2 Å². The molecule has 0 atom stereocenters. The average Bonchev–Trinajstić information content (AvgIpc) is 0.771. The Labute approximate surface area is 838 Å². The molecule has 0 saturated carbocycles. The Balaban J connectivity index is 0.000000530. The molecule has 0 fully saturated rings. The number of unbranched alkanes of at least 4 members (excludes halogenated alkanes) is 8. The van der Waals surface area contributed by atoms with E-state index in [2.05, 4.69) is 171 Å². The molecule has 0 aromatic heterocycles. The van der Waals surface area contributed by atoms with Crippen molar-refractivity contribution in [2.24, 2.45) is 0 Å². The molecule has 0 aliphatic carbocycles. The van der Waals surface area contributed by atoms with Crippen LogP contribution in [0.3, 0.4) is 0 Å². The van der Waals surface area contributed by atoms with Gasteiger partial charge in [-0.05, 0) is 190 Å². The molecule has 27 heteroatoms. The second-order valence-corrected chi connectivity index (χ2v) is 52.6. The number of esters is 2. The topological polar surface area (TPSA) is 142 Å². The molecule has 11 aromatic rings. The molecular formula is C108H128BrCl6F5O12P2Ti. The molecule has 0 radical (unpaired) electrons. The summed E-state index contributed by atoms with van der Waals surface area (Å²) >= 11 is 6.90. The van der Waals surface area contributed by atoms with Gasteiger partial charge in [-0.3, -0.25) is 9.59 Å². The van der Waals surface area contributed by atoms with E-state index in [0.29, 0.717) is 77.9 Å². The quantitative estimate of drug-likeness (QED) is 0.00535. The number of ether oxygens (including phenoxy) is 8. The summed E-state index contributed by atoms with van der Waals surface area (Å²) in [5.41, 5.74) is 3.54. The summed E-state index contributed by atoms with van der Waals surface area (Å²) in [5, 5.41) is 7.22. The molecule has 0 aliphatic heterocycles. The molecule has 12 nitrogen and oxygen atoms in total. The van der Waals surface area contributed by atoms with E-state index in [4.69, 9.17) is 88.8 Å². The van der Waals surface area contributed by atoms with E-state index in [9.17, 15) is 41.1 Å². The Hall–Kier alpha value is -8.55. The molecule has 0 N–H and O–H groups in total. The molecule has 0 heterocycles. The maximum atomic E-state index is 14.4. The number of alkyl halides is 2. The molecular weight excluding hydrogens is 1990 g/mol. The third-order valence-electron chi connectivity index (χ3n) is 20.1. The second-order valence-electron chi connectivity index (χ2n) is 29.3. The molecule has 0 unspecified atom stereocenters. The van der Waals surface area contributed by atoms with Gasteiger partial charge in [0, 0.05) is 35.7 Å². The first-order valence-electron chi connectivity index (χ1n) is 44.5. The third kappa shape index (κ3) is 44.0. The van der Waals surface area contributed by atoms with Crippen LogP contribution in [0.1, 0.15) is 180 Å². The number of hydrogen-bond acceptors (Lipinski definition) is 12. The molecule has 0 spiro atoms. The van der Waals surface area contributed by atoms with E-state index in [1.807, 2.05) is 79.7 Å². The first-order chi connectivity index (χ1) is 64.7. The predicted octanol–water partition coefficient (Wildman–Crippen LogP) is 25.7. The summed E-state index contributed by atoms with van der Waals surface area (Å²) in [6.45, 7) is 12.7. The van der Waals surface area contributed by atoms with Crippen LogP contribution in [0.2, 0.25) is 0 Å². The van der Waals surface area contributed by atoms with Crippen LogP contribution < -0.4 is 72.5 Å². The molecule has 11 rings (SSSR count). The van der Waals surface area contributed by atoms with Gasteiger partial charge in [0.15, 0.2) is 64.1 Å². The van der Waals surface area contributed by atoms with Crippen LogP contribution in [-0.4, -0.2) is 97.4 Å². The van der Waals surface area contributed by atoms with E-state index >= 15 is 0 Å². The Bertz CT molecular complexity index is 5050. The van der Waals surface area contributed by atoms with Gasteiger partial charge in [-0.1, -0.05) is 303 Å². The van der Waals surface area contributed by atoms with Crippen molar-refractivity contribution in [2.75, 3.05) is 62.0 Å². The van der Waals surface area contributed by atoms with Gasteiger partial charge >= 0.3 is 61.5 Å². The molecule has 730 valence electrons. The van der Waals surface area contributed by atoms with Gasteiger partial charge < -0.3 is 54.9 Å². The average molecular weight is 2120 g/mol. The van der Waals surface area contributed by atoms with Gasteiger partial charge in [0.1, 0.15) is 29.5 Å². The number of benzene rings is 11. The van der Waals surface area contributed by atoms with Crippen molar-refractivity contribution in [3.63, 3.8) is 0 Å². The van der Waals surface area contributed by atoms with Crippen molar-refractivity contribution in [1.29, 1.82) is 0 Å². The first kappa shape index (κ1) is 123. The van der Waals surface area contributed by atoms with E-state index in [1.54, 1.807) is 73.4 Å². The van der Waals surface area contributed by atoms with Crippen molar-refractivity contribution < 1.29 is 108 Å². The normalized spacial score (nSPS) is 10.6. The Morgan fingerprint density at radius 1 is 0.370 bits per heavy atom. The number of halogens is 12. The molecule has 11 aromatic carbocycles. The minimum atomic E-state index is -3.11. The Morgan fingerprint density at radius 3 is 1.07 bits per heavy atom. The number of carbonyl (C=O) groups is 4. The fourth-order valence-corrected chi connectivity index (χ4v) is 21.6. The number of methoxy groups -OCH3 is 6. The van der Waals surface area contributed by atoms with Crippen LogP contribution >= 0.6 is 74.6 Å². The van der Waals surface area contributed by atoms with Crippen molar-refractivity contribution in [1.82, 2.24) is 0 Å². The minimum absolute atomic E-state index is 0. The van der Waals surface area contributed by atoms with Crippen LogP contribution in [-0.2, 0) is 55.4 Å². The first-order valence-corrected chi connectivity index (χ1v) is 57.8. The van der Waals surface area contributed by atoms with Crippen LogP contribution in [0, 0.1) is 29.1 Å². The molecule has 0 bridgehead atoms. The van der Waals surface area contributed by atoms with E-state index in [1.165, 1.54) is 102 Å². The standard InChI is InChI=1S/C22H21O2P.C22H24P.C17H23FO3.C13H17FO2.C12H17FO.C12H15FO.C8H7FO2.C2H4Cl2O.BrH.4ClH.Ti/c1-2-24-22(23)18-25(19-12-6-3-7-13-19,20-14-8-4-9-15-20)21-16-10-5-11-17-21;1-2-3-19-23(20-13-7-4-8-14-20,21-15-9-5-10-16-21)22-17-11-6-12-18-22;1-4-6-7-8-14-13(10-12-16(19)21-5-2)9-11-15(20-3)17(14)18;1-3-4-5-6-11-10(9-15)7-8-12(16-2)13(11)14;2*1-3-4-5-7-10-8-6-9-11(14-2)12(10)13;1-11-7-4-2-3-6(5-10)8(7)9;1-5-2(3)4;;;;;;/h3-18H,2H2,1H3;4-18H,2-3,19H2,1H3;9-12H,4-8H2,1-3H3;7-9H,3-6H2,1-2H3;6,8-9H,3-5,7H2,1-2H3;5-9H,3-4H2,1-2H3;2-5H,1H3;2H,1H3;5*1H;/q;+1;;;;;;;;;;;;+4/p-5/b;;12-10+;;;7-5+;;;;;;;;. The van der Waals surface area contributed by atoms with Gasteiger partial charge in [0.25, 0.3) is 0 Å². The van der Waals surface area contributed by atoms with Crippen LogP contribution in [0.15, 0.2) is 273 Å². The zero-order valence-electron chi connectivity index (χ0n) is 79.2. The second kappa shape index (κ2) is 71.8. The number of aryl methyl sites for hydroxylation is 1. The number of rotatable bonds is 37. The zero-order chi connectivity index (χ0) is 99.0. The number of hydrogen-bond donors (Lipinski definition) is 0. The summed E-state index contributed by atoms with van der Waals surface area (Å²) in [7, 11) is 27.1. The predicted molar refractivity (Wildman–Crippen MR) is 554 cm³/mol. The zero-order valence-corrected chi connectivity index (χ0v) is 88.7. The Kier molecular flexibility index (Phi) is 65.2. The maximum absolute atomic E-state index is 14.4. The van der Waals surface area contributed by atoms with Crippen molar-refractivity contribution in [2.45, 2.75) is 156 Å². The number of allylic oxidation sites excluding steroid dienone is 1. The van der Waals surface area contributed by atoms with Crippen molar-refractivity contribution >= 4 is 149 Å². The number of aldehydes is 2. The monoisotopic (exact) mass is 2110 g/mol. The SMILES string of the molecule is CCC/C=C/c1cccc(OC)c1F.CCCCCc1c(/C=C/C(=O)OCC)ccc(OC)c1F.CCCCCc1c(C=O)ccc(OC)c1F.CCCCCc1cccc(OC)c1F.CCCC[P+](c1ccccc1)(c1ccccc1)c1ccccc1.CCOC(=O)C=P(c1ccccc1)(c1ccccc1)c1ccccc1.COC(Cl)Cl.COc1cccc(C=O)c1F.[Br-].[Cl][Ti]([Cl])([Cl])[Cl]. The molecule has 0 aliphatic rings. The van der Waals surface area contributed by atoms with Crippen LogP contribution in [0.4, 0.5) is 22.0 Å². The van der Waals surface area contributed by atoms with E-state index < -0.39 is 49.1 Å². The van der Waals surface area contributed by atoms with Crippen LogP contribution in [0.5, 0.6) is 28.7 Å². The van der Waals surface area contributed by atoms with Crippen molar-refractivity contribution in [3.05, 3.63) is 341 Å². The Morgan fingerprint density at radius 2 is 0.704 bits per heavy atom. The summed E-state index contributed by atoms with van der Waals surface area (Å²) in [4.78, 5) is 44.9. The molecule has 0 saturated heterocycles. The molecule has 135 heavy (non-hydrogen) atoms. The summed E-state index contributed by atoms with van der Waals surface area (Å²) in [5.74, 6) is 0.433. The van der Waals surface area contributed by atoms with Gasteiger partial charge in [-0.2, -0.15) is 0 Å². The van der Waals surface area contributed by atoms with Gasteiger partial charge in [0.05, 0.1) is 60.5 Å². The van der Waals surface area contributed by atoms with E-state index in [0.717, 1.165) is 98.5 Å². The summed E-state index contributed by atoms with van der Waals surface area (Å²) in [6.07, 6.45) is 25.0. The van der Waals surface area contributed by atoms with Gasteiger partial charge in [0.2, 0.25) is 5.02 Å². The fraction of sp³-hybridized carbons (Fsp3) is 0.306. The number of carbonyl (C=O) groups excluding carboxylic acids is 4. The summed E-state index contributed by atoms with van der Waals surface area (Å²) < 4.78 is 107. The van der Waals surface area contributed by atoms with Gasteiger partial charge in [-0.25, -0.2) is 31.5 Å². The van der Waals surface area contributed by atoms with Crippen molar-refractivity contribution in [3.8, 4) is 28.7 Å². The van der Waals surface area contributed by atoms with Gasteiger partial charge in [-0.15, -0.1) is 0 Å². The fourth-order valence-electron chi connectivity index (χ4n) is 13.5.